The molecule has 1 heterocycles. The van der Waals surface area contributed by atoms with Crippen molar-refractivity contribution in [3.05, 3.63) is 24.3 Å². The summed E-state index contributed by atoms with van der Waals surface area (Å²) >= 11 is 0. The molecule has 1 aromatic carbocycles. The van der Waals surface area contributed by atoms with Gasteiger partial charge in [-0.15, -0.1) is 0 Å². The van der Waals surface area contributed by atoms with Crippen LogP contribution in [0.1, 0.15) is 26.2 Å². The molecule has 3 nitrogen and oxygen atoms in total. The van der Waals surface area contributed by atoms with Crippen molar-refractivity contribution in [3.8, 4) is 5.75 Å². The molecule has 2 N–H and O–H groups in total. The fraction of sp³-hybridized carbons (Fsp3) is 0.600. The number of hydrogen-bond acceptors (Lipinski definition) is 3. The molecule has 0 spiro atoms. The quantitative estimate of drug-likeness (QED) is 0.812. The van der Waals surface area contributed by atoms with E-state index in [-0.39, 0.29) is 0 Å². The molecule has 1 aromatic rings. The number of nitrogens with one attached hydrogen (secondary N) is 2. The highest BCUT2D eigenvalue weighted by molar-refractivity contribution is 5.56. The van der Waals surface area contributed by atoms with E-state index in [1.54, 1.807) is 0 Å². The second-order valence-corrected chi connectivity index (χ2v) is 4.86. The van der Waals surface area contributed by atoms with Crippen LogP contribution in [0.25, 0.3) is 0 Å². The molecular formula is C15H24N2O. The summed E-state index contributed by atoms with van der Waals surface area (Å²) in [5, 5.41) is 6.96. The van der Waals surface area contributed by atoms with Crippen molar-refractivity contribution >= 4 is 5.69 Å². The summed E-state index contributed by atoms with van der Waals surface area (Å²) in [6.07, 6.45) is 3.91. The van der Waals surface area contributed by atoms with Gasteiger partial charge in [0.15, 0.2) is 0 Å². The van der Waals surface area contributed by atoms with Gasteiger partial charge in [-0.1, -0.05) is 12.1 Å². The molecular weight excluding hydrogens is 224 g/mol. The highest BCUT2D eigenvalue weighted by atomic mass is 16.5. The van der Waals surface area contributed by atoms with Crippen LogP contribution in [0.3, 0.4) is 0 Å². The number of piperidine rings is 1. The Morgan fingerprint density at radius 2 is 2.28 bits per heavy atom. The maximum atomic E-state index is 5.60. The number of rotatable bonds is 6. The average molecular weight is 248 g/mol. The molecule has 1 atom stereocenters. The standard InChI is InChI=1S/C15H24N2O/c1-2-18-15-8-4-3-7-14(15)17-11-9-13-6-5-10-16-12-13/h3-4,7-8,13,16-17H,2,5-6,9-12H2,1H3. The summed E-state index contributed by atoms with van der Waals surface area (Å²) in [5.41, 5.74) is 1.11. The first kappa shape index (κ1) is 13.2. The highest BCUT2D eigenvalue weighted by Crippen LogP contribution is 2.24. The van der Waals surface area contributed by atoms with Crippen molar-refractivity contribution < 1.29 is 4.74 Å². The SMILES string of the molecule is CCOc1ccccc1NCCC1CCCNC1. The van der Waals surface area contributed by atoms with Crippen LogP contribution in [0.4, 0.5) is 5.69 Å². The van der Waals surface area contributed by atoms with Crippen LogP contribution in [-0.2, 0) is 0 Å². The van der Waals surface area contributed by atoms with E-state index < -0.39 is 0 Å². The van der Waals surface area contributed by atoms with E-state index in [0.717, 1.165) is 23.9 Å². The number of hydrogen-bond donors (Lipinski definition) is 2. The first-order valence-corrected chi connectivity index (χ1v) is 7.06. The van der Waals surface area contributed by atoms with Gasteiger partial charge in [0, 0.05) is 6.54 Å². The van der Waals surface area contributed by atoms with Crippen LogP contribution in [0.15, 0.2) is 24.3 Å². The van der Waals surface area contributed by atoms with Gasteiger partial charge < -0.3 is 15.4 Å². The Bertz CT molecular complexity index is 348. The number of benzene rings is 1. The normalized spacial score (nSPS) is 19.5. The molecule has 0 radical (unpaired) electrons. The van der Waals surface area contributed by atoms with Crippen molar-refractivity contribution in [2.75, 3.05) is 31.6 Å². The molecule has 0 amide bonds. The average Bonchev–Trinajstić information content (AvgIpc) is 2.42. The molecule has 1 saturated heterocycles. The lowest BCUT2D eigenvalue weighted by atomic mass is 9.96. The number of para-hydroxylation sites is 2. The Kier molecular flexibility index (Phi) is 5.34. The van der Waals surface area contributed by atoms with E-state index >= 15 is 0 Å². The molecule has 100 valence electrons. The first-order valence-electron chi connectivity index (χ1n) is 7.06. The third-order valence-electron chi connectivity index (χ3n) is 3.45. The predicted octanol–water partition coefficient (Wildman–Crippen LogP) is 2.89. The molecule has 2 rings (SSSR count). The minimum absolute atomic E-state index is 0.714. The van der Waals surface area contributed by atoms with Gasteiger partial charge in [-0.2, -0.15) is 0 Å². The minimum atomic E-state index is 0.714. The summed E-state index contributed by atoms with van der Waals surface area (Å²) in [4.78, 5) is 0. The number of ether oxygens (including phenoxy) is 1. The summed E-state index contributed by atoms with van der Waals surface area (Å²) in [6.45, 7) is 6.12. The molecule has 0 aromatic heterocycles. The Hall–Kier alpha value is -1.22. The Morgan fingerprint density at radius 1 is 1.39 bits per heavy atom. The zero-order valence-corrected chi connectivity index (χ0v) is 11.2. The van der Waals surface area contributed by atoms with E-state index in [1.165, 1.54) is 32.4 Å². The zero-order valence-electron chi connectivity index (χ0n) is 11.2. The van der Waals surface area contributed by atoms with E-state index in [4.69, 9.17) is 4.74 Å². The Morgan fingerprint density at radius 3 is 3.06 bits per heavy atom. The van der Waals surface area contributed by atoms with Crippen LogP contribution >= 0.6 is 0 Å². The lowest BCUT2D eigenvalue weighted by molar-refractivity contribution is 0.341. The minimum Gasteiger partial charge on any atom is -0.492 e. The third kappa shape index (κ3) is 3.91. The Balaban J connectivity index is 1.78. The van der Waals surface area contributed by atoms with E-state index in [1.807, 2.05) is 25.1 Å². The van der Waals surface area contributed by atoms with Gasteiger partial charge in [0.05, 0.1) is 12.3 Å². The van der Waals surface area contributed by atoms with Crippen molar-refractivity contribution in [1.29, 1.82) is 0 Å². The zero-order chi connectivity index (χ0) is 12.6. The molecule has 0 saturated carbocycles. The predicted molar refractivity (Wildman–Crippen MR) is 76.3 cm³/mol. The summed E-state index contributed by atoms with van der Waals surface area (Å²) in [5.74, 6) is 1.78. The smallest absolute Gasteiger partial charge is 0.142 e. The fourth-order valence-electron chi connectivity index (χ4n) is 2.48. The molecule has 1 aliphatic rings. The van der Waals surface area contributed by atoms with Gasteiger partial charge in [0.2, 0.25) is 0 Å². The highest BCUT2D eigenvalue weighted by Gasteiger charge is 2.12. The van der Waals surface area contributed by atoms with Crippen molar-refractivity contribution in [1.82, 2.24) is 5.32 Å². The topological polar surface area (TPSA) is 33.3 Å². The maximum Gasteiger partial charge on any atom is 0.142 e. The van der Waals surface area contributed by atoms with Crippen LogP contribution in [0, 0.1) is 5.92 Å². The van der Waals surface area contributed by atoms with E-state index in [9.17, 15) is 0 Å². The number of anilines is 1. The van der Waals surface area contributed by atoms with Gasteiger partial charge in [-0.25, -0.2) is 0 Å². The summed E-state index contributed by atoms with van der Waals surface area (Å²) < 4.78 is 5.60. The van der Waals surface area contributed by atoms with Crippen molar-refractivity contribution in [2.24, 2.45) is 5.92 Å². The van der Waals surface area contributed by atoms with Gasteiger partial charge in [-0.3, -0.25) is 0 Å². The summed E-state index contributed by atoms with van der Waals surface area (Å²) in [6, 6.07) is 8.17. The molecule has 1 aliphatic heterocycles. The van der Waals surface area contributed by atoms with Crippen LogP contribution in [-0.4, -0.2) is 26.2 Å². The van der Waals surface area contributed by atoms with Crippen LogP contribution in [0.2, 0.25) is 0 Å². The fourth-order valence-corrected chi connectivity index (χ4v) is 2.48. The van der Waals surface area contributed by atoms with Gasteiger partial charge in [-0.05, 0) is 57.3 Å². The molecule has 0 bridgehead atoms. The monoisotopic (exact) mass is 248 g/mol. The van der Waals surface area contributed by atoms with Gasteiger partial charge in [0.1, 0.15) is 5.75 Å². The summed E-state index contributed by atoms with van der Waals surface area (Å²) in [7, 11) is 0. The molecule has 18 heavy (non-hydrogen) atoms. The van der Waals surface area contributed by atoms with E-state index in [0.29, 0.717) is 6.61 Å². The molecule has 1 fully saturated rings. The molecule has 0 aliphatic carbocycles. The Labute approximate surface area is 110 Å². The van der Waals surface area contributed by atoms with Gasteiger partial charge >= 0.3 is 0 Å². The molecule has 1 unspecified atom stereocenters. The third-order valence-corrected chi connectivity index (χ3v) is 3.45. The first-order chi connectivity index (χ1) is 8.90. The van der Waals surface area contributed by atoms with Crippen molar-refractivity contribution in [2.45, 2.75) is 26.2 Å². The maximum absolute atomic E-state index is 5.60. The lowest BCUT2D eigenvalue weighted by Gasteiger charge is -2.23. The second-order valence-electron chi connectivity index (χ2n) is 4.86. The van der Waals surface area contributed by atoms with Crippen LogP contribution < -0.4 is 15.4 Å². The largest absolute Gasteiger partial charge is 0.492 e. The van der Waals surface area contributed by atoms with Gasteiger partial charge in [0.25, 0.3) is 0 Å². The lowest BCUT2D eigenvalue weighted by Crippen LogP contribution is -2.30. The second kappa shape index (κ2) is 7.27. The molecule has 3 heteroatoms. The van der Waals surface area contributed by atoms with E-state index in [2.05, 4.69) is 16.7 Å². The van der Waals surface area contributed by atoms with Crippen molar-refractivity contribution in [3.63, 3.8) is 0 Å². The van der Waals surface area contributed by atoms with Crippen LogP contribution in [0.5, 0.6) is 5.75 Å².